The van der Waals surface area contributed by atoms with Gasteiger partial charge in [-0.25, -0.2) is 0 Å². The molecule has 1 atom stereocenters. The van der Waals surface area contributed by atoms with Crippen LogP contribution < -0.4 is 5.32 Å². The van der Waals surface area contributed by atoms with Crippen molar-refractivity contribution in [3.63, 3.8) is 0 Å². The van der Waals surface area contributed by atoms with E-state index in [-0.39, 0.29) is 36.0 Å². The van der Waals surface area contributed by atoms with Gasteiger partial charge in [0.1, 0.15) is 6.10 Å². The maximum Gasteiger partial charge on any atom is 0.251 e. The molecule has 0 saturated carbocycles. The lowest BCUT2D eigenvalue weighted by Crippen LogP contribution is -2.55. The van der Waals surface area contributed by atoms with Gasteiger partial charge < -0.3 is 19.9 Å². The van der Waals surface area contributed by atoms with Gasteiger partial charge in [0.15, 0.2) is 5.96 Å². The van der Waals surface area contributed by atoms with Gasteiger partial charge in [-0.05, 0) is 57.2 Å². The summed E-state index contributed by atoms with van der Waals surface area (Å²) in [6.45, 7) is 10.3. The Morgan fingerprint density at radius 3 is 2.30 bits per heavy atom. The van der Waals surface area contributed by atoms with E-state index in [1.54, 1.807) is 0 Å². The molecular weight excluding hydrogens is 529 g/mol. The quantitative estimate of drug-likeness (QED) is 0.336. The maximum atomic E-state index is 12.6. The molecule has 0 aromatic heterocycles. The van der Waals surface area contributed by atoms with Crippen molar-refractivity contribution in [2.24, 2.45) is 10.9 Å². The third-order valence-electron chi connectivity index (χ3n) is 7.09. The number of nitrogens with one attached hydrogen (secondary N) is 1. The molecule has 0 radical (unpaired) electrons. The summed E-state index contributed by atoms with van der Waals surface area (Å²) in [4.78, 5) is 23.9. The Morgan fingerprint density at radius 1 is 1.03 bits per heavy atom. The molecule has 1 aromatic rings. The van der Waals surface area contributed by atoms with Crippen molar-refractivity contribution in [1.29, 1.82) is 0 Å². The standard InChI is InChI=1S/C25H39N5O2.HI/c1-20-5-7-22(8-6-20)19-28-11-9-21(10-12-28)18-27-25(26-2)30-15-13-29(14-16-30)24(31)23-4-3-17-32-23;/h5-8,21,23H,3-4,9-19H2,1-2H3,(H,26,27);1H. The van der Waals surface area contributed by atoms with Crippen LogP contribution in [0.1, 0.15) is 36.8 Å². The molecular formula is C25H40IN5O2. The summed E-state index contributed by atoms with van der Waals surface area (Å²) in [5.41, 5.74) is 2.73. The normalized spacial score (nSPS) is 22.8. The zero-order valence-corrected chi connectivity index (χ0v) is 22.5. The number of aliphatic imine (C=N–C) groups is 1. The number of piperazine rings is 1. The predicted octanol–water partition coefficient (Wildman–Crippen LogP) is 2.72. The molecule has 3 heterocycles. The van der Waals surface area contributed by atoms with Crippen molar-refractivity contribution in [2.45, 2.75) is 45.3 Å². The summed E-state index contributed by atoms with van der Waals surface area (Å²) < 4.78 is 5.57. The number of nitrogens with zero attached hydrogens (tertiary/aromatic N) is 4. The summed E-state index contributed by atoms with van der Waals surface area (Å²) in [6.07, 6.45) is 4.10. The smallest absolute Gasteiger partial charge is 0.251 e. The molecule has 7 nitrogen and oxygen atoms in total. The number of benzene rings is 1. The molecule has 3 aliphatic rings. The minimum atomic E-state index is -0.212. The largest absolute Gasteiger partial charge is 0.368 e. The number of halogens is 1. The molecule has 0 spiro atoms. The van der Waals surface area contributed by atoms with Gasteiger partial charge in [0.25, 0.3) is 5.91 Å². The molecule has 1 N–H and O–H groups in total. The average molecular weight is 570 g/mol. The number of ether oxygens (including phenoxy) is 1. The number of aryl methyl sites for hydroxylation is 1. The van der Waals surface area contributed by atoms with Gasteiger partial charge in [-0.1, -0.05) is 29.8 Å². The molecule has 8 heteroatoms. The fourth-order valence-electron chi connectivity index (χ4n) is 4.98. The van der Waals surface area contributed by atoms with Gasteiger partial charge in [-0.3, -0.25) is 14.7 Å². The third-order valence-corrected chi connectivity index (χ3v) is 7.09. The van der Waals surface area contributed by atoms with Gasteiger partial charge in [0, 0.05) is 52.9 Å². The van der Waals surface area contributed by atoms with Crippen LogP contribution in [0, 0.1) is 12.8 Å². The minimum Gasteiger partial charge on any atom is -0.368 e. The molecule has 33 heavy (non-hydrogen) atoms. The maximum absolute atomic E-state index is 12.6. The average Bonchev–Trinajstić information content (AvgIpc) is 3.37. The Bertz CT molecular complexity index is 766. The van der Waals surface area contributed by atoms with Crippen molar-refractivity contribution in [3.8, 4) is 0 Å². The van der Waals surface area contributed by atoms with E-state index in [0.29, 0.717) is 5.92 Å². The Balaban J connectivity index is 0.00000306. The SMILES string of the molecule is CN=C(NCC1CCN(Cc2ccc(C)cc2)CC1)N1CCN(C(=O)C2CCCO2)CC1.I. The van der Waals surface area contributed by atoms with Crippen LogP contribution in [0.2, 0.25) is 0 Å². The minimum absolute atomic E-state index is 0. The highest BCUT2D eigenvalue weighted by Crippen LogP contribution is 2.19. The fraction of sp³-hybridized carbons (Fsp3) is 0.680. The van der Waals surface area contributed by atoms with Gasteiger partial charge >= 0.3 is 0 Å². The number of rotatable bonds is 5. The fourth-order valence-corrected chi connectivity index (χ4v) is 4.98. The van der Waals surface area contributed by atoms with Crippen molar-refractivity contribution >= 4 is 35.8 Å². The number of likely N-dealkylation sites (tertiary alicyclic amines) is 1. The molecule has 1 unspecified atom stereocenters. The van der Waals surface area contributed by atoms with Crippen LogP contribution in [0.25, 0.3) is 0 Å². The number of carbonyl (C=O) groups excluding carboxylic acids is 1. The first-order valence-electron chi connectivity index (χ1n) is 12.3. The lowest BCUT2D eigenvalue weighted by atomic mass is 9.96. The first kappa shape index (κ1) is 26.2. The first-order chi connectivity index (χ1) is 15.6. The van der Waals surface area contributed by atoms with Gasteiger partial charge in [-0.15, -0.1) is 24.0 Å². The predicted molar refractivity (Wildman–Crippen MR) is 143 cm³/mol. The lowest BCUT2D eigenvalue weighted by Gasteiger charge is -2.38. The van der Waals surface area contributed by atoms with E-state index < -0.39 is 0 Å². The second-order valence-electron chi connectivity index (χ2n) is 9.45. The molecule has 4 rings (SSSR count). The van der Waals surface area contributed by atoms with Crippen molar-refractivity contribution < 1.29 is 9.53 Å². The molecule has 3 fully saturated rings. The van der Waals surface area contributed by atoms with E-state index in [1.165, 1.54) is 24.0 Å². The van der Waals surface area contributed by atoms with Crippen LogP contribution in [0.4, 0.5) is 0 Å². The van der Waals surface area contributed by atoms with Crippen molar-refractivity contribution in [2.75, 3.05) is 59.5 Å². The first-order valence-corrected chi connectivity index (χ1v) is 12.3. The number of amides is 1. The van der Waals surface area contributed by atoms with E-state index in [1.807, 2.05) is 11.9 Å². The topological polar surface area (TPSA) is 60.4 Å². The Morgan fingerprint density at radius 2 is 1.70 bits per heavy atom. The Kier molecular flexibility index (Phi) is 10.2. The number of guanidine groups is 1. The summed E-state index contributed by atoms with van der Waals surface area (Å²) in [5.74, 6) is 1.82. The number of piperidine rings is 1. The number of hydrogen-bond acceptors (Lipinski definition) is 4. The van der Waals surface area contributed by atoms with Gasteiger partial charge in [0.05, 0.1) is 0 Å². The number of carbonyl (C=O) groups is 1. The molecule has 1 aromatic carbocycles. The Hall–Kier alpha value is -1.39. The second-order valence-corrected chi connectivity index (χ2v) is 9.45. The van der Waals surface area contributed by atoms with E-state index in [0.717, 1.165) is 77.8 Å². The third kappa shape index (κ3) is 7.29. The van der Waals surface area contributed by atoms with E-state index >= 15 is 0 Å². The molecule has 184 valence electrons. The monoisotopic (exact) mass is 569 g/mol. The van der Waals surface area contributed by atoms with Crippen LogP contribution >= 0.6 is 24.0 Å². The zero-order valence-electron chi connectivity index (χ0n) is 20.2. The summed E-state index contributed by atoms with van der Waals surface area (Å²) in [7, 11) is 1.86. The van der Waals surface area contributed by atoms with Crippen LogP contribution in [-0.2, 0) is 16.1 Å². The molecule has 0 bridgehead atoms. The lowest BCUT2D eigenvalue weighted by molar-refractivity contribution is -0.142. The summed E-state index contributed by atoms with van der Waals surface area (Å²) in [6, 6.07) is 8.91. The van der Waals surface area contributed by atoms with Crippen molar-refractivity contribution in [3.05, 3.63) is 35.4 Å². The zero-order chi connectivity index (χ0) is 22.3. The summed E-state index contributed by atoms with van der Waals surface area (Å²) in [5, 5.41) is 3.61. The van der Waals surface area contributed by atoms with E-state index in [4.69, 9.17) is 4.74 Å². The van der Waals surface area contributed by atoms with Crippen LogP contribution in [-0.4, -0.2) is 92.1 Å². The van der Waals surface area contributed by atoms with Crippen molar-refractivity contribution in [1.82, 2.24) is 20.0 Å². The van der Waals surface area contributed by atoms with E-state index in [2.05, 4.69) is 51.3 Å². The van der Waals surface area contributed by atoms with Crippen LogP contribution in [0.15, 0.2) is 29.3 Å². The van der Waals surface area contributed by atoms with Gasteiger partial charge in [0.2, 0.25) is 0 Å². The highest BCUT2D eigenvalue weighted by atomic mass is 127. The molecule has 3 saturated heterocycles. The highest BCUT2D eigenvalue weighted by molar-refractivity contribution is 14.0. The van der Waals surface area contributed by atoms with E-state index in [9.17, 15) is 4.79 Å². The second kappa shape index (κ2) is 12.9. The molecule has 1 amide bonds. The molecule has 3 aliphatic heterocycles. The Labute approximate surface area is 215 Å². The number of hydrogen-bond donors (Lipinski definition) is 1. The summed E-state index contributed by atoms with van der Waals surface area (Å²) >= 11 is 0. The highest BCUT2D eigenvalue weighted by Gasteiger charge is 2.31. The van der Waals surface area contributed by atoms with Gasteiger partial charge in [-0.2, -0.15) is 0 Å². The van der Waals surface area contributed by atoms with Crippen LogP contribution in [0.5, 0.6) is 0 Å². The molecule has 0 aliphatic carbocycles. The van der Waals surface area contributed by atoms with Crippen LogP contribution in [0.3, 0.4) is 0 Å².